The summed E-state index contributed by atoms with van der Waals surface area (Å²) in [6.45, 7) is 4.18. The molecule has 0 bridgehead atoms. The highest BCUT2D eigenvalue weighted by Crippen LogP contribution is 2.54. The number of rotatable bonds is 4. The molecule has 3 aliphatic rings. The second kappa shape index (κ2) is 8.81. The number of pyridine rings is 1. The maximum Gasteiger partial charge on any atom is 0.257 e. The molecule has 0 unspecified atom stereocenters. The highest BCUT2D eigenvalue weighted by atomic mass is 127. The predicted molar refractivity (Wildman–Crippen MR) is 144 cm³/mol. The number of fused-ring (bicyclic) bond motifs is 1. The summed E-state index contributed by atoms with van der Waals surface area (Å²) in [5.74, 6) is -2.25. The van der Waals surface area contributed by atoms with E-state index in [2.05, 4.69) is 49.0 Å². The number of nitrogens with zero attached hydrogens (tertiary/aromatic N) is 5. The zero-order chi connectivity index (χ0) is 25.1. The van der Waals surface area contributed by atoms with Gasteiger partial charge in [0.05, 0.1) is 28.8 Å². The van der Waals surface area contributed by atoms with E-state index >= 15 is 0 Å². The van der Waals surface area contributed by atoms with Crippen molar-refractivity contribution in [3.8, 4) is 0 Å². The average Bonchev–Trinajstić information content (AvgIpc) is 3.48. The van der Waals surface area contributed by atoms with Crippen LogP contribution >= 0.6 is 22.6 Å². The van der Waals surface area contributed by atoms with E-state index in [0.29, 0.717) is 33.8 Å². The number of benzene rings is 1. The van der Waals surface area contributed by atoms with Crippen LogP contribution in [0.2, 0.25) is 0 Å². The van der Waals surface area contributed by atoms with Crippen LogP contribution in [0.3, 0.4) is 0 Å². The first-order valence-corrected chi connectivity index (χ1v) is 13.6. The van der Waals surface area contributed by atoms with Gasteiger partial charge in [0.25, 0.3) is 11.8 Å². The fraction of sp³-hybridized carbons (Fsp3) is 0.500. The molecule has 36 heavy (non-hydrogen) atoms. The van der Waals surface area contributed by atoms with E-state index in [0.717, 1.165) is 22.3 Å². The first-order chi connectivity index (χ1) is 17.2. The van der Waals surface area contributed by atoms with Gasteiger partial charge in [-0.2, -0.15) is 5.10 Å². The third-order valence-corrected chi connectivity index (χ3v) is 8.61. The zero-order valence-electron chi connectivity index (χ0n) is 20.2. The van der Waals surface area contributed by atoms with E-state index in [1.807, 2.05) is 23.1 Å². The van der Waals surface area contributed by atoms with Gasteiger partial charge in [0.2, 0.25) is 0 Å². The smallest absolute Gasteiger partial charge is 0.257 e. The Hall–Kier alpha value is -2.50. The van der Waals surface area contributed by atoms with Gasteiger partial charge in [-0.05, 0) is 84.9 Å². The van der Waals surface area contributed by atoms with Gasteiger partial charge >= 0.3 is 0 Å². The van der Waals surface area contributed by atoms with Crippen LogP contribution in [0.1, 0.15) is 54.7 Å². The molecule has 1 N–H and O–H groups in total. The predicted octanol–water partition coefficient (Wildman–Crippen LogP) is 5.51. The summed E-state index contributed by atoms with van der Waals surface area (Å²) in [6.07, 6.45) is 6.36. The summed E-state index contributed by atoms with van der Waals surface area (Å²) < 4.78 is 30.3. The molecule has 190 valence electrons. The van der Waals surface area contributed by atoms with Crippen molar-refractivity contribution in [2.24, 2.45) is 5.41 Å². The van der Waals surface area contributed by atoms with Crippen molar-refractivity contribution in [3.05, 3.63) is 45.4 Å². The van der Waals surface area contributed by atoms with Crippen molar-refractivity contribution >= 4 is 51.2 Å². The van der Waals surface area contributed by atoms with Crippen molar-refractivity contribution in [2.45, 2.75) is 51.4 Å². The van der Waals surface area contributed by atoms with E-state index in [4.69, 9.17) is 0 Å². The Morgan fingerprint density at radius 2 is 1.64 bits per heavy atom. The molecule has 1 amide bonds. The topological polar surface area (TPSA) is 65.8 Å². The van der Waals surface area contributed by atoms with Crippen molar-refractivity contribution in [1.82, 2.24) is 14.6 Å². The molecule has 0 radical (unpaired) electrons. The fourth-order valence-electron chi connectivity index (χ4n) is 5.51. The van der Waals surface area contributed by atoms with Crippen molar-refractivity contribution in [2.75, 3.05) is 41.3 Å². The van der Waals surface area contributed by atoms with Gasteiger partial charge < -0.3 is 15.1 Å². The van der Waals surface area contributed by atoms with Crippen LogP contribution in [0.15, 0.2) is 30.5 Å². The third kappa shape index (κ3) is 4.64. The van der Waals surface area contributed by atoms with E-state index in [1.54, 1.807) is 17.6 Å². The van der Waals surface area contributed by atoms with Crippen molar-refractivity contribution in [1.29, 1.82) is 0 Å². The molecule has 1 saturated carbocycles. The molecule has 0 atom stereocenters. The second-order valence-corrected chi connectivity index (χ2v) is 11.7. The SMILES string of the molecule is Cc1nc2c(N3CCC(F)(F)CC3)cc(NC(=O)c3ccc(I)cc3N3CCC4(CC3)CC4)cn2n1. The number of halogens is 3. The van der Waals surface area contributed by atoms with Gasteiger partial charge in [0.1, 0.15) is 5.82 Å². The molecule has 1 spiro atoms. The Morgan fingerprint density at radius 3 is 2.33 bits per heavy atom. The number of aryl methyl sites for hydroxylation is 1. The summed E-state index contributed by atoms with van der Waals surface area (Å²) in [6, 6.07) is 7.76. The number of alkyl halides is 2. The van der Waals surface area contributed by atoms with Gasteiger partial charge in [-0.1, -0.05) is 0 Å². The van der Waals surface area contributed by atoms with Crippen molar-refractivity contribution in [3.63, 3.8) is 0 Å². The molecular formula is C26H29F2IN6O. The van der Waals surface area contributed by atoms with Crippen LogP contribution < -0.4 is 15.1 Å². The quantitative estimate of drug-likeness (QED) is 0.397. The lowest BCUT2D eigenvalue weighted by molar-refractivity contribution is -0.0220. The number of aromatic nitrogens is 3. The minimum absolute atomic E-state index is 0.194. The van der Waals surface area contributed by atoms with Crippen LogP contribution in [-0.4, -0.2) is 52.6 Å². The summed E-state index contributed by atoms with van der Waals surface area (Å²) >= 11 is 2.29. The summed E-state index contributed by atoms with van der Waals surface area (Å²) in [7, 11) is 0. The number of nitrogens with one attached hydrogen (secondary N) is 1. The van der Waals surface area contributed by atoms with Gasteiger partial charge in [0.15, 0.2) is 5.65 Å². The molecule has 1 aliphatic carbocycles. The number of amides is 1. The molecule has 3 fully saturated rings. The van der Waals surface area contributed by atoms with Crippen LogP contribution in [0.4, 0.5) is 25.8 Å². The van der Waals surface area contributed by atoms with Gasteiger partial charge in [-0.25, -0.2) is 18.3 Å². The van der Waals surface area contributed by atoms with Crippen LogP contribution in [0.5, 0.6) is 0 Å². The Balaban J connectivity index is 1.29. The fourth-order valence-corrected chi connectivity index (χ4v) is 5.98. The van der Waals surface area contributed by atoms with E-state index in [9.17, 15) is 13.6 Å². The van der Waals surface area contributed by atoms with E-state index in [-0.39, 0.29) is 31.8 Å². The van der Waals surface area contributed by atoms with Crippen LogP contribution in [0.25, 0.3) is 5.65 Å². The Morgan fingerprint density at radius 1 is 0.972 bits per heavy atom. The number of hydrogen-bond acceptors (Lipinski definition) is 5. The summed E-state index contributed by atoms with van der Waals surface area (Å²) in [5, 5.41) is 7.48. The van der Waals surface area contributed by atoms with E-state index in [1.165, 1.54) is 25.7 Å². The summed E-state index contributed by atoms with van der Waals surface area (Å²) in [4.78, 5) is 22.3. The molecule has 3 aromatic rings. The molecule has 1 aromatic carbocycles. The first-order valence-electron chi connectivity index (χ1n) is 12.6. The first kappa shape index (κ1) is 23.9. The lowest BCUT2D eigenvalue weighted by Gasteiger charge is -2.35. The molecule has 4 heterocycles. The van der Waals surface area contributed by atoms with E-state index < -0.39 is 5.92 Å². The van der Waals surface area contributed by atoms with Crippen molar-refractivity contribution < 1.29 is 13.6 Å². The zero-order valence-corrected chi connectivity index (χ0v) is 22.4. The minimum Gasteiger partial charge on any atom is -0.371 e. The lowest BCUT2D eigenvalue weighted by atomic mass is 9.93. The number of anilines is 3. The van der Waals surface area contributed by atoms with Crippen LogP contribution in [0, 0.1) is 15.9 Å². The maximum atomic E-state index is 13.8. The number of piperidine rings is 2. The molecule has 7 nitrogen and oxygen atoms in total. The molecule has 2 saturated heterocycles. The number of hydrogen-bond donors (Lipinski definition) is 1. The Labute approximate surface area is 222 Å². The van der Waals surface area contributed by atoms with Gasteiger partial charge in [-0.15, -0.1) is 0 Å². The molecular weight excluding hydrogens is 577 g/mol. The summed E-state index contributed by atoms with van der Waals surface area (Å²) in [5.41, 5.74) is 4.03. The normalized spacial score (nSPS) is 20.7. The number of carbonyl (C=O) groups excluding carboxylic acids is 1. The highest BCUT2D eigenvalue weighted by molar-refractivity contribution is 14.1. The molecule has 6 rings (SSSR count). The largest absolute Gasteiger partial charge is 0.371 e. The van der Waals surface area contributed by atoms with Gasteiger partial charge in [-0.3, -0.25) is 4.79 Å². The second-order valence-electron chi connectivity index (χ2n) is 10.5. The Kier molecular flexibility index (Phi) is 5.84. The molecule has 2 aromatic heterocycles. The molecule has 10 heteroatoms. The lowest BCUT2D eigenvalue weighted by Crippen LogP contribution is -2.39. The Bertz CT molecular complexity index is 1320. The number of carbonyl (C=O) groups is 1. The minimum atomic E-state index is -2.64. The third-order valence-electron chi connectivity index (χ3n) is 7.94. The monoisotopic (exact) mass is 606 g/mol. The van der Waals surface area contributed by atoms with Crippen LogP contribution in [-0.2, 0) is 0 Å². The molecule has 2 aliphatic heterocycles. The highest BCUT2D eigenvalue weighted by Gasteiger charge is 2.44. The average molecular weight is 606 g/mol. The maximum absolute atomic E-state index is 13.8. The van der Waals surface area contributed by atoms with Gasteiger partial charge in [0, 0.05) is 42.6 Å². The standard InChI is InChI=1S/C26H29F2IN6O/c1-17-30-23-22(34-12-8-26(27,28)9-13-34)15-19(16-35(23)32-17)31-24(36)20-3-2-18(29)14-21(20)33-10-6-25(4-5-25)7-11-33/h2-3,14-16H,4-13H2,1H3,(H,31,36).